The van der Waals surface area contributed by atoms with Crippen LogP contribution in [0.1, 0.15) is 17.3 Å². The van der Waals surface area contributed by atoms with E-state index in [9.17, 15) is 14.4 Å². The molecule has 1 aromatic rings. The summed E-state index contributed by atoms with van der Waals surface area (Å²) in [6.07, 6.45) is 0. The van der Waals surface area contributed by atoms with Crippen molar-refractivity contribution in [1.82, 2.24) is 0 Å². The number of hydrogen-bond acceptors (Lipinski definition) is 8. The smallest absolute Gasteiger partial charge is 0.355 e. The van der Waals surface area contributed by atoms with E-state index in [0.29, 0.717) is 15.7 Å². The molecule has 0 radical (unpaired) electrons. The van der Waals surface area contributed by atoms with E-state index >= 15 is 0 Å². The Kier molecular flexibility index (Phi) is 6.76. The van der Waals surface area contributed by atoms with Gasteiger partial charge in [-0.3, -0.25) is 0 Å². The van der Waals surface area contributed by atoms with Crippen LogP contribution >= 0.6 is 15.9 Å². The number of anilines is 1. The third-order valence-electron chi connectivity index (χ3n) is 3.58. The quantitative estimate of drug-likeness (QED) is 0.520. The number of carbonyl (C=O) groups excluding carboxylic acids is 3. The van der Waals surface area contributed by atoms with Crippen LogP contribution in [0.5, 0.6) is 0 Å². The number of methoxy groups -OCH3 is 2. The molecule has 1 aliphatic heterocycles. The van der Waals surface area contributed by atoms with Crippen molar-refractivity contribution < 1.29 is 33.3 Å². The van der Waals surface area contributed by atoms with Crippen molar-refractivity contribution in [3.8, 4) is 0 Å². The first-order chi connectivity index (χ1) is 12.4. The molecule has 0 spiro atoms. The molecule has 0 bridgehead atoms. The normalized spacial score (nSPS) is 14.1. The van der Waals surface area contributed by atoms with Gasteiger partial charge in [0.25, 0.3) is 0 Å². The minimum atomic E-state index is -0.699. The van der Waals surface area contributed by atoms with Crippen LogP contribution in [0.15, 0.2) is 33.9 Å². The Morgan fingerprint density at radius 1 is 1.15 bits per heavy atom. The molecule has 0 aliphatic carbocycles. The predicted octanol–water partition coefficient (Wildman–Crippen LogP) is 2.02. The minimum absolute atomic E-state index is 0.0162. The van der Waals surface area contributed by atoms with Gasteiger partial charge in [-0.15, -0.1) is 0 Å². The molecule has 140 valence electrons. The molecule has 0 saturated carbocycles. The van der Waals surface area contributed by atoms with Crippen molar-refractivity contribution in [3.63, 3.8) is 0 Å². The lowest BCUT2D eigenvalue weighted by Gasteiger charge is -2.32. The zero-order chi connectivity index (χ0) is 19.3. The zero-order valence-corrected chi connectivity index (χ0v) is 16.1. The van der Waals surface area contributed by atoms with Gasteiger partial charge in [-0.05, 0) is 41.1 Å². The molecule has 0 unspecified atom stereocenters. The molecular weight excluding hydrogens is 410 g/mol. The summed E-state index contributed by atoms with van der Waals surface area (Å²) in [6.45, 7) is 1.92. The molecule has 0 atom stereocenters. The van der Waals surface area contributed by atoms with E-state index in [0.717, 1.165) is 0 Å². The Labute approximate surface area is 158 Å². The maximum Gasteiger partial charge on any atom is 0.355 e. The van der Waals surface area contributed by atoms with Crippen LogP contribution < -0.4 is 4.90 Å². The number of esters is 3. The van der Waals surface area contributed by atoms with E-state index in [2.05, 4.69) is 15.9 Å². The Morgan fingerprint density at radius 3 is 2.42 bits per heavy atom. The van der Waals surface area contributed by atoms with E-state index in [4.69, 9.17) is 18.9 Å². The van der Waals surface area contributed by atoms with Crippen molar-refractivity contribution >= 4 is 39.5 Å². The van der Waals surface area contributed by atoms with E-state index in [-0.39, 0.29) is 31.2 Å². The molecule has 2 rings (SSSR count). The van der Waals surface area contributed by atoms with Crippen LogP contribution in [0.25, 0.3) is 0 Å². The Morgan fingerprint density at radius 2 is 1.85 bits per heavy atom. The first kappa shape index (κ1) is 19.9. The van der Waals surface area contributed by atoms with Crippen LogP contribution in [0, 0.1) is 0 Å². The van der Waals surface area contributed by atoms with Gasteiger partial charge in [0.1, 0.15) is 12.4 Å². The van der Waals surface area contributed by atoms with Crippen molar-refractivity contribution in [2.75, 3.05) is 39.1 Å². The fraction of sp³-hybridized carbons (Fsp3) is 0.353. The van der Waals surface area contributed by atoms with Gasteiger partial charge in [0, 0.05) is 4.47 Å². The van der Waals surface area contributed by atoms with Crippen LogP contribution in [0.3, 0.4) is 0 Å². The topological polar surface area (TPSA) is 91.4 Å². The molecule has 0 aromatic heterocycles. The largest absolute Gasteiger partial charge is 0.466 e. The third kappa shape index (κ3) is 4.05. The number of nitrogens with zero attached hydrogens (tertiary/aromatic N) is 1. The number of carbonyl (C=O) groups is 3. The highest BCUT2D eigenvalue weighted by molar-refractivity contribution is 9.10. The fourth-order valence-electron chi connectivity index (χ4n) is 2.40. The zero-order valence-electron chi connectivity index (χ0n) is 14.5. The Balaban J connectivity index is 2.49. The van der Waals surface area contributed by atoms with Crippen LogP contribution in [-0.4, -0.2) is 52.1 Å². The Bertz CT molecular complexity index is 759. The van der Waals surface area contributed by atoms with Gasteiger partial charge in [-0.25, -0.2) is 14.4 Å². The molecule has 8 nitrogen and oxygen atoms in total. The molecule has 9 heteroatoms. The van der Waals surface area contributed by atoms with E-state index < -0.39 is 17.9 Å². The highest BCUT2D eigenvalue weighted by Gasteiger charge is 2.33. The van der Waals surface area contributed by atoms with Crippen LogP contribution in [0.2, 0.25) is 0 Å². The van der Waals surface area contributed by atoms with Crippen molar-refractivity contribution in [2.45, 2.75) is 6.92 Å². The van der Waals surface area contributed by atoms with Gasteiger partial charge >= 0.3 is 17.9 Å². The van der Waals surface area contributed by atoms with Crippen molar-refractivity contribution in [1.29, 1.82) is 0 Å². The highest BCUT2D eigenvalue weighted by Crippen LogP contribution is 2.33. The number of rotatable bonds is 5. The molecule has 0 saturated heterocycles. The average Bonchev–Trinajstić information content (AvgIpc) is 2.66. The lowest BCUT2D eigenvalue weighted by molar-refractivity contribution is -0.140. The maximum absolute atomic E-state index is 12.3. The molecule has 0 N–H and O–H groups in total. The molecule has 1 heterocycles. The summed E-state index contributed by atoms with van der Waals surface area (Å²) in [5.41, 5.74) is 0.930. The number of ether oxygens (including phenoxy) is 4. The molecule has 1 aliphatic rings. The third-order valence-corrected chi connectivity index (χ3v) is 4.22. The number of hydrogen-bond donors (Lipinski definition) is 0. The number of halogens is 1. The van der Waals surface area contributed by atoms with Gasteiger partial charge in [0.05, 0.1) is 44.3 Å². The fourth-order valence-corrected chi connectivity index (χ4v) is 2.99. The van der Waals surface area contributed by atoms with Gasteiger partial charge in [-0.2, -0.15) is 0 Å². The summed E-state index contributed by atoms with van der Waals surface area (Å²) in [5, 5.41) is 0. The highest BCUT2D eigenvalue weighted by atomic mass is 79.9. The Hall–Kier alpha value is -2.39. The first-order valence-electron chi connectivity index (χ1n) is 7.66. The average molecular weight is 428 g/mol. The lowest BCUT2D eigenvalue weighted by Crippen LogP contribution is -2.39. The van der Waals surface area contributed by atoms with Crippen molar-refractivity contribution in [3.05, 3.63) is 39.5 Å². The summed E-state index contributed by atoms with van der Waals surface area (Å²) >= 11 is 3.38. The van der Waals surface area contributed by atoms with E-state index in [1.165, 1.54) is 19.1 Å². The predicted molar refractivity (Wildman–Crippen MR) is 94.5 cm³/mol. The second-order valence-electron chi connectivity index (χ2n) is 5.10. The maximum atomic E-state index is 12.3. The van der Waals surface area contributed by atoms with Gasteiger partial charge in [-0.1, -0.05) is 0 Å². The van der Waals surface area contributed by atoms with Crippen LogP contribution in [0.4, 0.5) is 5.69 Å². The molecular formula is C17H18BrNO7. The summed E-state index contributed by atoms with van der Waals surface area (Å²) in [5.74, 6) is -1.85. The molecule has 0 fully saturated rings. The summed E-state index contributed by atoms with van der Waals surface area (Å²) in [7, 11) is 2.43. The minimum Gasteiger partial charge on any atom is -0.466 e. The van der Waals surface area contributed by atoms with Crippen molar-refractivity contribution in [2.24, 2.45) is 0 Å². The molecule has 26 heavy (non-hydrogen) atoms. The first-order valence-corrected chi connectivity index (χ1v) is 8.45. The van der Waals surface area contributed by atoms with Gasteiger partial charge in [0.2, 0.25) is 0 Å². The SMILES string of the molecule is CCOC(=O)c1ccc(N2COCC(C(=O)OC)=C2C(=O)OC)c(Br)c1. The molecule has 1 aromatic carbocycles. The molecule has 0 amide bonds. The summed E-state index contributed by atoms with van der Waals surface area (Å²) in [4.78, 5) is 37.6. The second kappa shape index (κ2) is 8.81. The summed E-state index contributed by atoms with van der Waals surface area (Å²) < 4.78 is 20.4. The standard InChI is InChI=1S/C17H18BrNO7/c1-4-26-15(20)10-5-6-13(12(18)7-10)19-9-25-8-11(16(21)23-2)14(19)17(22)24-3/h5-7H,4,8-9H2,1-3H3. The van der Waals surface area contributed by atoms with Gasteiger partial charge in [0.15, 0.2) is 0 Å². The van der Waals surface area contributed by atoms with Gasteiger partial charge < -0.3 is 23.8 Å². The van der Waals surface area contributed by atoms with E-state index in [1.54, 1.807) is 25.1 Å². The second-order valence-corrected chi connectivity index (χ2v) is 5.96. The lowest BCUT2D eigenvalue weighted by atomic mass is 10.1. The van der Waals surface area contributed by atoms with E-state index in [1.807, 2.05) is 0 Å². The monoisotopic (exact) mass is 427 g/mol. The van der Waals surface area contributed by atoms with Crippen LogP contribution in [-0.2, 0) is 28.5 Å². The summed E-state index contributed by atoms with van der Waals surface area (Å²) in [6, 6.07) is 4.73. The number of benzene rings is 1.